The van der Waals surface area contributed by atoms with Crippen LogP contribution in [0.3, 0.4) is 0 Å². The lowest BCUT2D eigenvalue weighted by Crippen LogP contribution is -2.46. The summed E-state index contributed by atoms with van der Waals surface area (Å²) in [6, 6.07) is 4.33. The first-order valence-electron chi connectivity index (χ1n) is 6.36. The fourth-order valence-corrected chi connectivity index (χ4v) is 2.13. The number of nitrogens with zero attached hydrogens (tertiary/aromatic N) is 1. The fraction of sp³-hybridized carbons (Fsp3) is 0.429. The Bertz CT molecular complexity index is 532. The SMILES string of the molecule is Cc1ccc(C(=O)N2CCO[C@H](CC(=O)O)C2)cc1F. The van der Waals surface area contributed by atoms with Gasteiger partial charge in [0, 0.05) is 18.7 Å². The highest BCUT2D eigenvalue weighted by molar-refractivity contribution is 5.94. The van der Waals surface area contributed by atoms with E-state index in [0.29, 0.717) is 12.1 Å². The summed E-state index contributed by atoms with van der Waals surface area (Å²) in [5, 5.41) is 8.74. The second-order valence-corrected chi connectivity index (χ2v) is 4.81. The number of carboxylic acid groups (broad SMARTS) is 1. The number of benzene rings is 1. The third-order valence-electron chi connectivity index (χ3n) is 3.25. The van der Waals surface area contributed by atoms with Crippen LogP contribution in [0.2, 0.25) is 0 Å². The molecule has 1 fully saturated rings. The molecule has 0 bridgehead atoms. The van der Waals surface area contributed by atoms with Crippen LogP contribution in [0.1, 0.15) is 22.3 Å². The summed E-state index contributed by atoms with van der Waals surface area (Å²) < 4.78 is 18.8. The number of ether oxygens (including phenoxy) is 1. The molecule has 1 heterocycles. The van der Waals surface area contributed by atoms with Crippen LogP contribution in [0, 0.1) is 12.7 Å². The van der Waals surface area contributed by atoms with Gasteiger partial charge in [-0.05, 0) is 24.6 Å². The minimum Gasteiger partial charge on any atom is -0.481 e. The summed E-state index contributed by atoms with van der Waals surface area (Å²) in [5.74, 6) is -1.69. The highest BCUT2D eigenvalue weighted by atomic mass is 19.1. The molecule has 1 aromatic carbocycles. The zero-order valence-electron chi connectivity index (χ0n) is 11.1. The van der Waals surface area contributed by atoms with Gasteiger partial charge in [0.25, 0.3) is 5.91 Å². The van der Waals surface area contributed by atoms with Crippen LogP contribution >= 0.6 is 0 Å². The average molecular weight is 281 g/mol. The van der Waals surface area contributed by atoms with E-state index in [2.05, 4.69) is 0 Å². The predicted octanol–water partition coefficient (Wildman–Crippen LogP) is 1.45. The minimum atomic E-state index is -0.967. The Hall–Kier alpha value is -1.95. The van der Waals surface area contributed by atoms with E-state index < -0.39 is 17.9 Å². The topological polar surface area (TPSA) is 66.8 Å². The summed E-state index contributed by atoms with van der Waals surface area (Å²) in [7, 11) is 0. The Balaban J connectivity index is 2.08. The van der Waals surface area contributed by atoms with E-state index >= 15 is 0 Å². The van der Waals surface area contributed by atoms with E-state index in [1.165, 1.54) is 11.0 Å². The standard InChI is InChI=1S/C14H16FNO4/c1-9-2-3-10(6-12(9)15)14(19)16-4-5-20-11(8-16)7-13(17)18/h2-3,6,11H,4-5,7-8H2,1H3,(H,17,18)/t11-/m1/s1. The van der Waals surface area contributed by atoms with Crippen LogP contribution in [0.4, 0.5) is 4.39 Å². The van der Waals surface area contributed by atoms with Crippen molar-refractivity contribution in [3.05, 3.63) is 35.1 Å². The molecule has 0 radical (unpaired) electrons. The van der Waals surface area contributed by atoms with E-state index in [0.717, 1.165) is 0 Å². The van der Waals surface area contributed by atoms with Gasteiger partial charge >= 0.3 is 5.97 Å². The van der Waals surface area contributed by atoms with Crippen molar-refractivity contribution in [2.75, 3.05) is 19.7 Å². The molecule has 108 valence electrons. The fourth-order valence-electron chi connectivity index (χ4n) is 2.13. The van der Waals surface area contributed by atoms with E-state index in [1.807, 2.05) is 0 Å². The van der Waals surface area contributed by atoms with Gasteiger partial charge in [-0.3, -0.25) is 9.59 Å². The van der Waals surface area contributed by atoms with E-state index in [1.54, 1.807) is 19.1 Å². The lowest BCUT2D eigenvalue weighted by molar-refractivity contribution is -0.141. The Morgan fingerprint density at radius 2 is 2.25 bits per heavy atom. The number of hydrogen-bond donors (Lipinski definition) is 1. The molecule has 1 amide bonds. The van der Waals surface area contributed by atoms with Crippen molar-refractivity contribution in [3.63, 3.8) is 0 Å². The van der Waals surface area contributed by atoms with Gasteiger partial charge in [-0.15, -0.1) is 0 Å². The van der Waals surface area contributed by atoms with Crippen LogP contribution in [0.5, 0.6) is 0 Å². The summed E-state index contributed by atoms with van der Waals surface area (Å²) in [5.41, 5.74) is 0.747. The molecule has 0 aliphatic carbocycles. The molecule has 20 heavy (non-hydrogen) atoms. The smallest absolute Gasteiger partial charge is 0.306 e. The van der Waals surface area contributed by atoms with Crippen LogP contribution in [-0.4, -0.2) is 47.7 Å². The molecule has 1 aliphatic rings. The Labute approximate surface area is 116 Å². The minimum absolute atomic E-state index is 0.147. The molecule has 5 nitrogen and oxygen atoms in total. The number of carboxylic acids is 1. The number of hydrogen-bond acceptors (Lipinski definition) is 3. The van der Waals surface area contributed by atoms with Gasteiger partial charge in [0.15, 0.2) is 0 Å². The number of aryl methyl sites for hydroxylation is 1. The second-order valence-electron chi connectivity index (χ2n) is 4.81. The lowest BCUT2D eigenvalue weighted by Gasteiger charge is -2.32. The lowest BCUT2D eigenvalue weighted by atomic mass is 10.1. The molecule has 6 heteroatoms. The normalized spacial score (nSPS) is 18.9. The Morgan fingerprint density at radius 1 is 1.50 bits per heavy atom. The number of carbonyl (C=O) groups excluding carboxylic acids is 1. The van der Waals surface area contributed by atoms with Crippen molar-refractivity contribution < 1.29 is 23.8 Å². The van der Waals surface area contributed by atoms with Crippen molar-refractivity contribution in [1.29, 1.82) is 0 Å². The highest BCUT2D eigenvalue weighted by Gasteiger charge is 2.26. The molecule has 1 aromatic rings. The molecular weight excluding hydrogens is 265 g/mol. The average Bonchev–Trinajstić information content (AvgIpc) is 2.40. The van der Waals surface area contributed by atoms with Gasteiger partial charge in [-0.2, -0.15) is 0 Å². The molecule has 1 N–H and O–H groups in total. The van der Waals surface area contributed by atoms with E-state index in [-0.39, 0.29) is 31.0 Å². The van der Waals surface area contributed by atoms with Crippen LogP contribution in [-0.2, 0) is 9.53 Å². The second kappa shape index (κ2) is 6.00. The van der Waals surface area contributed by atoms with Crippen molar-refractivity contribution in [1.82, 2.24) is 4.90 Å². The largest absolute Gasteiger partial charge is 0.481 e. The molecule has 2 rings (SSSR count). The zero-order chi connectivity index (χ0) is 14.7. The predicted molar refractivity (Wildman–Crippen MR) is 69.0 cm³/mol. The quantitative estimate of drug-likeness (QED) is 0.910. The van der Waals surface area contributed by atoms with Crippen molar-refractivity contribution in [3.8, 4) is 0 Å². The van der Waals surface area contributed by atoms with Crippen molar-refractivity contribution in [2.24, 2.45) is 0 Å². The van der Waals surface area contributed by atoms with Gasteiger partial charge in [0.1, 0.15) is 5.82 Å². The number of halogens is 1. The van der Waals surface area contributed by atoms with E-state index in [9.17, 15) is 14.0 Å². The van der Waals surface area contributed by atoms with Crippen molar-refractivity contribution >= 4 is 11.9 Å². The third-order valence-corrected chi connectivity index (χ3v) is 3.25. The third kappa shape index (κ3) is 3.33. The molecule has 1 saturated heterocycles. The molecule has 1 aliphatic heterocycles. The highest BCUT2D eigenvalue weighted by Crippen LogP contribution is 2.15. The first-order valence-corrected chi connectivity index (χ1v) is 6.36. The van der Waals surface area contributed by atoms with Crippen LogP contribution in [0.25, 0.3) is 0 Å². The van der Waals surface area contributed by atoms with E-state index in [4.69, 9.17) is 9.84 Å². The number of rotatable bonds is 3. The molecule has 0 saturated carbocycles. The number of carbonyl (C=O) groups is 2. The molecule has 0 unspecified atom stereocenters. The summed E-state index contributed by atoms with van der Waals surface area (Å²) in [4.78, 5) is 24.4. The number of aliphatic carboxylic acids is 1. The van der Waals surface area contributed by atoms with Gasteiger partial charge < -0.3 is 14.7 Å². The Kier molecular flexibility index (Phi) is 4.34. The van der Waals surface area contributed by atoms with Gasteiger partial charge in [-0.1, -0.05) is 6.07 Å². The summed E-state index contributed by atoms with van der Waals surface area (Å²) in [6.45, 7) is 2.50. The maximum Gasteiger partial charge on any atom is 0.306 e. The van der Waals surface area contributed by atoms with Gasteiger partial charge in [0.05, 0.1) is 19.1 Å². The van der Waals surface area contributed by atoms with Gasteiger partial charge in [-0.25, -0.2) is 4.39 Å². The van der Waals surface area contributed by atoms with Crippen LogP contribution in [0.15, 0.2) is 18.2 Å². The van der Waals surface area contributed by atoms with Gasteiger partial charge in [0.2, 0.25) is 0 Å². The van der Waals surface area contributed by atoms with Crippen molar-refractivity contribution in [2.45, 2.75) is 19.4 Å². The first-order chi connectivity index (χ1) is 9.47. The first kappa shape index (κ1) is 14.5. The number of amides is 1. The maximum absolute atomic E-state index is 13.5. The molecule has 0 aromatic heterocycles. The zero-order valence-corrected chi connectivity index (χ0v) is 11.1. The van der Waals surface area contributed by atoms with Crippen LogP contribution < -0.4 is 0 Å². The monoisotopic (exact) mass is 281 g/mol. The molecule has 1 atom stereocenters. The number of morpholine rings is 1. The molecule has 0 spiro atoms. The molecular formula is C14H16FNO4. The summed E-state index contributed by atoms with van der Waals surface area (Å²) >= 11 is 0. The Morgan fingerprint density at radius 3 is 2.90 bits per heavy atom. The maximum atomic E-state index is 13.5. The summed E-state index contributed by atoms with van der Waals surface area (Å²) in [6.07, 6.45) is -0.660.